The summed E-state index contributed by atoms with van der Waals surface area (Å²) in [6.45, 7) is 17.4. The number of hydrogen-bond acceptors (Lipinski definition) is 3. The maximum Gasteiger partial charge on any atom is 0.338 e. The van der Waals surface area contributed by atoms with Gasteiger partial charge in [0, 0.05) is 29.1 Å². The lowest BCUT2D eigenvalue weighted by atomic mass is 9.86. The first-order valence-corrected chi connectivity index (χ1v) is 10.5. The highest BCUT2D eigenvalue weighted by atomic mass is 16.5. The maximum atomic E-state index is 12.2. The largest absolute Gasteiger partial charge is 0.423 e. The Labute approximate surface area is 176 Å². The highest BCUT2D eigenvalue weighted by Crippen LogP contribution is 2.36. The molecule has 3 heteroatoms. The number of benzene rings is 2. The number of esters is 1. The first kappa shape index (κ1) is 22.9. The van der Waals surface area contributed by atoms with Crippen LogP contribution in [0.4, 0.5) is 0 Å². The fourth-order valence-corrected chi connectivity index (χ4v) is 3.80. The van der Waals surface area contributed by atoms with Gasteiger partial charge in [0.05, 0.1) is 0 Å². The molecule has 3 nitrogen and oxygen atoms in total. The molecule has 0 N–H and O–H groups in total. The fraction of sp³-hybridized carbons (Fsp3) is 0.423. The highest BCUT2D eigenvalue weighted by molar-refractivity contribution is 5.89. The molecule has 0 spiro atoms. The van der Waals surface area contributed by atoms with Crippen LogP contribution in [0.25, 0.3) is 0 Å². The molecule has 0 saturated heterocycles. The highest BCUT2D eigenvalue weighted by Gasteiger charge is 2.23. The molecule has 2 aromatic rings. The number of rotatable bonds is 9. The van der Waals surface area contributed by atoms with Crippen LogP contribution in [-0.2, 0) is 4.79 Å². The van der Waals surface area contributed by atoms with Gasteiger partial charge in [0.2, 0.25) is 0 Å². The number of carbonyl (C=O) groups excluding carboxylic acids is 1. The van der Waals surface area contributed by atoms with E-state index in [9.17, 15) is 4.79 Å². The molecule has 29 heavy (non-hydrogen) atoms. The van der Waals surface area contributed by atoms with Gasteiger partial charge in [0.25, 0.3) is 0 Å². The molecular formula is C26H35NO2. The van der Waals surface area contributed by atoms with Crippen molar-refractivity contribution in [1.82, 2.24) is 4.90 Å². The number of nitrogens with zero attached hydrogens (tertiary/aromatic N) is 1. The lowest BCUT2D eigenvalue weighted by molar-refractivity contribution is -0.130. The van der Waals surface area contributed by atoms with E-state index < -0.39 is 0 Å². The van der Waals surface area contributed by atoms with Gasteiger partial charge >= 0.3 is 5.97 Å². The zero-order valence-corrected chi connectivity index (χ0v) is 18.7. The van der Waals surface area contributed by atoms with Crippen LogP contribution < -0.4 is 4.74 Å². The molecule has 156 valence electrons. The molecule has 0 amide bonds. The summed E-state index contributed by atoms with van der Waals surface area (Å²) in [6, 6.07) is 17.5. The van der Waals surface area contributed by atoms with Crippen LogP contribution in [0.5, 0.6) is 5.75 Å². The van der Waals surface area contributed by atoms with E-state index in [0.29, 0.717) is 23.4 Å². The summed E-state index contributed by atoms with van der Waals surface area (Å²) < 4.78 is 5.71. The van der Waals surface area contributed by atoms with Crippen molar-refractivity contribution < 1.29 is 9.53 Å². The molecule has 0 aromatic heterocycles. The van der Waals surface area contributed by atoms with Crippen molar-refractivity contribution in [2.75, 3.05) is 6.54 Å². The predicted molar refractivity (Wildman–Crippen MR) is 122 cm³/mol. The summed E-state index contributed by atoms with van der Waals surface area (Å²) >= 11 is 0. The molecule has 1 atom stereocenters. The van der Waals surface area contributed by atoms with Crippen LogP contribution in [-0.4, -0.2) is 29.5 Å². The van der Waals surface area contributed by atoms with Crippen LogP contribution in [0.2, 0.25) is 0 Å². The first-order valence-electron chi connectivity index (χ1n) is 10.5. The van der Waals surface area contributed by atoms with Crippen LogP contribution in [0, 0.1) is 6.92 Å². The quantitative estimate of drug-likeness (QED) is 0.292. The maximum absolute atomic E-state index is 12.2. The number of hydrogen-bond donors (Lipinski definition) is 0. The van der Waals surface area contributed by atoms with E-state index in [-0.39, 0.29) is 11.9 Å². The van der Waals surface area contributed by atoms with Gasteiger partial charge in [-0.05, 0) is 66.1 Å². The molecule has 0 aliphatic rings. The van der Waals surface area contributed by atoms with Gasteiger partial charge in [0.15, 0.2) is 0 Å². The van der Waals surface area contributed by atoms with E-state index in [1.165, 1.54) is 5.56 Å². The second-order valence-corrected chi connectivity index (χ2v) is 8.39. The Kier molecular flexibility index (Phi) is 8.21. The molecule has 0 aliphatic heterocycles. The number of carbonyl (C=O) groups is 1. The number of ether oxygens (including phenoxy) is 1. The molecule has 0 radical (unpaired) electrons. The lowest BCUT2D eigenvalue weighted by Gasteiger charge is -2.32. The van der Waals surface area contributed by atoms with E-state index >= 15 is 0 Å². The summed E-state index contributed by atoms with van der Waals surface area (Å²) in [4.78, 5) is 14.7. The Hall–Kier alpha value is -2.39. The normalized spacial score (nSPS) is 12.4. The zero-order chi connectivity index (χ0) is 21.6. The number of aryl methyl sites for hydroxylation is 1. The van der Waals surface area contributed by atoms with E-state index in [1.807, 2.05) is 18.2 Å². The van der Waals surface area contributed by atoms with Gasteiger partial charge in [0.1, 0.15) is 5.75 Å². The van der Waals surface area contributed by atoms with Crippen molar-refractivity contribution in [2.24, 2.45) is 0 Å². The Morgan fingerprint density at radius 2 is 1.66 bits per heavy atom. The molecule has 0 saturated carbocycles. The van der Waals surface area contributed by atoms with Gasteiger partial charge in [-0.15, -0.1) is 0 Å². The van der Waals surface area contributed by atoms with Crippen molar-refractivity contribution in [3.63, 3.8) is 0 Å². The van der Waals surface area contributed by atoms with Crippen molar-refractivity contribution in [3.8, 4) is 5.75 Å². The third-order valence-electron chi connectivity index (χ3n) is 5.30. The minimum Gasteiger partial charge on any atom is -0.423 e. The second kappa shape index (κ2) is 10.4. The van der Waals surface area contributed by atoms with Gasteiger partial charge in [-0.25, -0.2) is 4.79 Å². The lowest BCUT2D eigenvalue weighted by Crippen LogP contribution is -2.38. The van der Waals surface area contributed by atoms with E-state index in [1.54, 1.807) is 6.92 Å². The molecule has 0 bridgehead atoms. The van der Waals surface area contributed by atoms with Gasteiger partial charge in [-0.1, -0.05) is 54.6 Å². The summed E-state index contributed by atoms with van der Waals surface area (Å²) in [6.07, 6.45) is 0.946. The smallest absolute Gasteiger partial charge is 0.338 e. The minimum absolute atomic E-state index is 0.143. The topological polar surface area (TPSA) is 29.5 Å². The van der Waals surface area contributed by atoms with Crippen LogP contribution >= 0.6 is 0 Å². The minimum atomic E-state index is -0.382. The summed E-state index contributed by atoms with van der Waals surface area (Å²) in [5.41, 5.74) is 3.84. The first-order chi connectivity index (χ1) is 13.7. The molecule has 0 unspecified atom stereocenters. The summed E-state index contributed by atoms with van der Waals surface area (Å²) in [5.74, 6) is 0.384. The van der Waals surface area contributed by atoms with Gasteiger partial charge in [-0.2, -0.15) is 0 Å². The monoisotopic (exact) mass is 393 g/mol. The Balaban J connectivity index is 2.45. The van der Waals surface area contributed by atoms with E-state index in [2.05, 4.69) is 76.4 Å². The van der Waals surface area contributed by atoms with Crippen molar-refractivity contribution >= 4 is 5.97 Å². The van der Waals surface area contributed by atoms with Crippen molar-refractivity contribution in [1.29, 1.82) is 0 Å². The molecule has 0 aliphatic carbocycles. The second-order valence-electron chi connectivity index (χ2n) is 8.39. The molecule has 2 aromatic carbocycles. The molecule has 0 fully saturated rings. The van der Waals surface area contributed by atoms with Gasteiger partial charge in [-0.3, -0.25) is 4.90 Å². The Morgan fingerprint density at radius 3 is 2.21 bits per heavy atom. The Bertz CT molecular complexity index is 816. The standard InChI is InChI=1S/C26H35NO2/c1-18(2)26(28)29-25-14-13-21(7)17-24(25)23(22-11-9-8-10-12-22)15-16-27(19(3)4)20(5)6/h8-14,17,19-20,23H,1,15-16H2,2-7H3/t23-/m1/s1. The fourth-order valence-electron chi connectivity index (χ4n) is 3.80. The third kappa shape index (κ3) is 6.30. The van der Waals surface area contributed by atoms with Crippen molar-refractivity contribution in [3.05, 3.63) is 77.4 Å². The average Bonchev–Trinajstić information content (AvgIpc) is 2.66. The van der Waals surface area contributed by atoms with Crippen molar-refractivity contribution in [2.45, 2.75) is 66.0 Å². The summed E-state index contributed by atoms with van der Waals surface area (Å²) in [5, 5.41) is 0. The predicted octanol–water partition coefficient (Wildman–Crippen LogP) is 6.12. The molecular weight excluding hydrogens is 358 g/mol. The van der Waals surface area contributed by atoms with E-state index in [4.69, 9.17) is 4.74 Å². The van der Waals surface area contributed by atoms with E-state index in [0.717, 1.165) is 24.1 Å². The van der Waals surface area contributed by atoms with Crippen LogP contribution in [0.15, 0.2) is 60.7 Å². The summed E-state index contributed by atoms with van der Waals surface area (Å²) in [7, 11) is 0. The molecule has 2 rings (SSSR count). The average molecular weight is 394 g/mol. The third-order valence-corrected chi connectivity index (χ3v) is 5.30. The zero-order valence-electron chi connectivity index (χ0n) is 18.7. The van der Waals surface area contributed by atoms with Crippen LogP contribution in [0.1, 0.15) is 63.6 Å². The SMILES string of the molecule is C=C(C)C(=O)Oc1ccc(C)cc1[C@H](CCN(C(C)C)C(C)C)c1ccccc1. The molecule has 0 heterocycles. The Morgan fingerprint density at radius 1 is 1.03 bits per heavy atom. The van der Waals surface area contributed by atoms with Crippen LogP contribution in [0.3, 0.4) is 0 Å². The van der Waals surface area contributed by atoms with Gasteiger partial charge < -0.3 is 4.74 Å².